The molecule has 0 radical (unpaired) electrons. The Kier molecular flexibility index (Phi) is 14.5. The van der Waals surface area contributed by atoms with Crippen LogP contribution in [0.15, 0.2) is 29.3 Å². The summed E-state index contributed by atoms with van der Waals surface area (Å²) in [6.07, 6.45) is 3.05. The highest BCUT2D eigenvalue weighted by Crippen LogP contribution is 2.14. The van der Waals surface area contributed by atoms with E-state index >= 15 is 0 Å². The highest BCUT2D eigenvalue weighted by molar-refractivity contribution is 14.0. The number of hydrogen-bond donors (Lipinski definition) is 2. The summed E-state index contributed by atoms with van der Waals surface area (Å²) in [6, 6.07) is 8.21. The van der Waals surface area contributed by atoms with E-state index in [1.165, 1.54) is 5.56 Å². The van der Waals surface area contributed by atoms with Crippen LogP contribution >= 0.6 is 24.0 Å². The fourth-order valence-corrected chi connectivity index (χ4v) is 2.81. The molecule has 1 aromatic rings. The van der Waals surface area contributed by atoms with Crippen molar-refractivity contribution in [3.63, 3.8) is 0 Å². The Morgan fingerprint density at radius 1 is 1.19 bits per heavy atom. The molecule has 1 rings (SSSR count). The summed E-state index contributed by atoms with van der Waals surface area (Å²) in [6.45, 7) is 9.55. The van der Waals surface area contributed by atoms with Gasteiger partial charge < -0.3 is 20.1 Å². The molecule has 2 N–H and O–H groups in total. The Labute approximate surface area is 176 Å². The number of aliphatic imine (C=N–C) groups is 1. The SMILES string of the molecule is CCCC(CCO)CN=C(NCC)N(C)Cc1ccc(OCC)cc1.I. The first kappa shape index (κ1) is 25.0. The number of benzene rings is 1. The van der Waals surface area contributed by atoms with E-state index in [-0.39, 0.29) is 30.6 Å². The molecule has 0 spiro atoms. The van der Waals surface area contributed by atoms with E-state index in [1.54, 1.807) is 0 Å². The van der Waals surface area contributed by atoms with E-state index in [2.05, 4.69) is 43.2 Å². The zero-order valence-corrected chi connectivity index (χ0v) is 19.0. The average molecular weight is 477 g/mol. The number of nitrogens with zero attached hydrogens (tertiary/aromatic N) is 2. The molecule has 26 heavy (non-hydrogen) atoms. The molecule has 0 aromatic heterocycles. The molecule has 5 nitrogen and oxygen atoms in total. The third-order valence-electron chi connectivity index (χ3n) is 4.08. The quantitative estimate of drug-likeness (QED) is 0.289. The van der Waals surface area contributed by atoms with E-state index in [4.69, 9.17) is 9.73 Å². The number of aliphatic hydroxyl groups is 1. The van der Waals surface area contributed by atoms with Crippen LogP contribution in [0.5, 0.6) is 5.75 Å². The summed E-state index contributed by atoms with van der Waals surface area (Å²) >= 11 is 0. The molecule has 0 aliphatic heterocycles. The van der Waals surface area contributed by atoms with Gasteiger partial charge in [-0.05, 0) is 50.3 Å². The smallest absolute Gasteiger partial charge is 0.193 e. The number of aliphatic hydroxyl groups excluding tert-OH is 1. The van der Waals surface area contributed by atoms with Crippen LogP contribution in [0.1, 0.15) is 45.6 Å². The van der Waals surface area contributed by atoms with Crippen molar-refractivity contribution in [2.75, 3.05) is 33.4 Å². The molecule has 0 heterocycles. The summed E-state index contributed by atoms with van der Waals surface area (Å²) < 4.78 is 5.49. The van der Waals surface area contributed by atoms with Crippen LogP contribution in [-0.2, 0) is 6.54 Å². The fraction of sp³-hybridized carbons (Fsp3) is 0.650. The average Bonchev–Trinajstić information content (AvgIpc) is 2.60. The van der Waals surface area contributed by atoms with Gasteiger partial charge in [0.15, 0.2) is 5.96 Å². The van der Waals surface area contributed by atoms with Crippen molar-refractivity contribution in [2.45, 2.75) is 46.6 Å². The standard InChI is InChI=1S/C20H35N3O2.HI/c1-5-8-17(13-14-24)15-22-20(21-6-2)23(4)16-18-9-11-19(12-10-18)25-7-3;/h9-12,17,24H,5-8,13-16H2,1-4H3,(H,21,22);1H. The van der Waals surface area contributed by atoms with Crippen molar-refractivity contribution in [3.05, 3.63) is 29.8 Å². The highest BCUT2D eigenvalue weighted by Gasteiger charge is 2.10. The molecule has 0 saturated carbocycles. The molecule has 0 bridgehead atoms. The normalized spacial score (nSPS) is 12.3. The predicted molar refractivity (Wildman–Crippen MR) is 121 cm³/mol. The maximum atomic E-state index is 9.21. The molecule has 0 amide bonds. The molecule has 0 aliphatic carbocycles. The number of nitrogens with one attached hydrogen (secondary N) is 1. The van der Waals surface area contributed by atoms with E-state index in [1.807, 2.05) is 19.1 Å². The van der Waals surface area contributed by atoms with Gasteiger partial charge in [0.25, 0.3) is 0 Å². The maximum Gasteiger partial charge on any atom is 0.193 e. The lowest BCUT2D eigenvalue weighted by atomic mass is 10.0. The van der Waals surface area contributed by atoms with Crippen molar-refractivity contribution in [1.82, 2.24) is 10.2 Å². The number of ether oxygens (including phenoxy) is 1. The fourth-order valence-electron chi connectivity index (χ4n) is 2.81. The molecule has 1 unspecified atom stereocenters. The Morgan fingerprint density at radius 2 is 1.88 bits per heavy atom. The Bertz CT molecular complexity index is 488. The molecule has 0 aliphatic rings. The summed E-state index contributed by atoms with van der Waals surface area (Å²) in [5, 5.41) is 12.6. The summed E-state index contributed by atoms with van der Waals surface area (Å²) in [5.41, 5.74) is 1.22. The Morgan fingerprint density at radius 3 is 2.42 bits per heavy atom. The lowest BCUT2D eigenvalue weighted by Crippen LogP contribution is -2.38. The second-order valence-corrected chi connectivity index (χ2v) is 6.29. The third kappa shape index (κ3) is 9.62. The summed E-state index contributed by atoms with van der Waals surface area (Å²) in [4.78, 5) is 6.93. The first-order valence-electron chi connectivity index (χ1n) is 9.46. The molecule has 6 heteroatoms. The van der Waals surface area contributed by atoms with Crippen LogP contribution in [0.3, 0.4) is 0 Å². The Balaban J connectivity index is 0.00000625. The molecule has 0 fully saturated rings. The molecule has 1 atom stereocenters. The van der Waals surface area contributed by atoms with Crippen LogP contribution in [0, 0.1) is 5.92 Å². The molecule has 150 valence electrons. The minimum atomic E-state index is 0. The van der Waals surface area contributed by atoms with Gasteiger partial charge in [-0.3, -0.25) is 4.99 Å². The molecule has 0 saturated heterocycles. The van der Waals surface area contributed by atoms with Crippen molar-refractivity contribution >= 4 is 29.9 Å². The molecule has 1 aromatic carbocycles. The number of hydrogen-bond acceptors (Lipinski definition) is 3. The lowest BCUT2D eigenvalue weighted by Gasteiger charge is -2.23. The first-order valence-corrected chi connectivity index (χ1v) is 9.46. The van der Waals surface area contributed by atoms with Crippen molar-refractivity contribution in [3.8, 4) is 5.75 Å². The number of guanidine groups is 1. The molecular weight excluding hydrogens is 441 g/mol. The van der Waals surface area contributed by atoms with Gasteiger partial charge in [-0.25, -0.2) is 0 Å². The predicted octanol–water partition coefficient (Wildman–Crippen LogP) is 3.90. The summed E-state index contributed by atoms with van der Waals surface area (Å²) in [5.74, 6) is 2.26. The monoisotopic (exact) mass is 477 g/mol. The van der Waals surface area contributed by atoms with Crippen LogP contribution < -0.4 is 10.1 Å². The maximum absolute atomic E-state index is 9.21. The van der Waals surface area contributed by atoms with Gasteiger partial charge in [0.1, 0.15) is 5.75 Å². The van der Waals surface area contributed by atoms with Gasteiger partial charge in [0.05, 0.1) is 6.61 Å². The van der Waals surface area contributed by atoms with Crippen LogP contribution in [-0.4, -0.2) is 49.3 Å². The second kappa shape index (κ2) is 15.1. The van der Waals surface area contributed by atoms with E-state index < -0.39 is 0 Å². The van der Waals surface area contributed by atoms with Gasteiger partial charge in [-0.1, -0.05) is 25.5 Å². The number of rotatable bonds is 11. The minimum Gasteiger partial charge on any atom is -0.494 e. The third-order valence-corrected chi connectivity index (χ3v) is 4.08. The van der Waals surface area contributed by atoms with Gasteiger partial charge in [-0.2, -0.15) is 0 Å². The van der Waals surface area contributed by atoms with Crippen molar-refractivity contribution in [1.29, 1.82) is 0 Å². The topological polar surface area (TPSA) is 57.1 Å². The van der Waals surface area contributed by atoms with Crippen LogP contribution in [0.25, 0.3) is 0 Å². The highest BCUT2D eigenvalue weighted by atomic mass is 127. The van der Waals surface area contributed by atoms with Crippen molar-refractivity contribution < 1.29 is 9.84 Å². The number of halogens is 1. The van der Waals surface area contributed by atoms with Crippen LogP contribution in [0.2, 0.25) is 0 Å². The van der Waals surface area contributed by atoms with Crippen molar-refractivity contribution in [2.24, 2.45) is 10.9 Å². The zero-order chi connectivity index (χ0) is 18.5. The minimum absolute atomic E-state index is 0. The van der Waals surface area contributed by atoms with E-state index in [0.717, 1.165) is 50.6 Å². The van der Waals surface area contributed by atoms with Gasteiger partial charge in [0, 0.05) is 33.3 Å². The lowest BCUT2D eigenvalue weighted by molar-refractivity contribution is 0.253. The van der Waals surface area contributed by atoms with Gasteiger partial charge in [-0.15, -0.1) is 24.0 Å². The van der Waals surface area contributed by atoms with Gasteiger partial charge >= 0.3 is 0 Å². The van der Waals surface area contributed by atoms with E-state index in [0.29, 0.717) is 12.5 Å². The summed E-state index contributed by atoms with van der Waals surface area (Å²) in [7, 11) is 2.05. The largest absolute Gasteiger partial charge is 0.494 e. The van der Waals surface area contributed by atoms with Crippen LogP contribution in [0.4, 0.5) is 0 Å². The first-order chi connectivity index (χ1) is 12.1. The molecular formula is C20H36IN3O2. The van der Waals surface area contributed by atoms with E-state index in [9.17, 15) is 5.11 Å². The zero-order valence-electron chi connectivity index (χ0n) is 16.7. The van der Waals surface area contributed by atoms with Gasteiger partial charge in [0.2, 0.25) is 0 Å². The Hall–Kier alpha value is -1.02. The second-order valence-electron chi connectivity index (χ2n) is 6.29.